The van der Waals surface area contributed by atoms with Crippen molar-refractivity contribution in [2.24, 2.45) is 0 Å². The smallest absolute Gasteiger partial charge is 0.362 e. The van der Waals surface area contributed by atoms with E-state index < -0.39 is 5.97 Å². The van der Waals surface area contributed by atoms with E-state index in [9.17, 15) is 4.79 Å². The van der Waals surface area contributed by atoms with Gasteiger partial charge in [0.2, 0.25) is 5.69 Å². The molecule has 0 radical (unpaired) electrons. The largest absolute Gasteiger partial charge is 0.461 e. The van der Waals surface area contributed by atoms with Gasteiger partial charge in [0.25, 0.3) is 0 Å². The number of hydrogen-bond acceptors (Lipinski definition) is 4. The van der Waals surface area contributed by atoms with E-state index in [0.717, 1.165) is 0 Å². The monoisotopic (exact) mass is 175 g/mol. The van der Waals surface area contributed by atoms with Crippen LogP contribution in [0, 0.1) is 0 Å². The zero-order valence-electron chi connectivity index (χ0n) is 5.80. The molecule has 0 fully saturated rings. The number of halogens is 1. The van der Waals surface area contributed by atoms with Crippen LogP contribution < -0.4 is 0 Å². The Morgan fingerprint density at radius 3 is 2.91 bits per heavy atom. The zero-order chi connectivity index (χ0) is 8.27. The van der Waals surface area contributed by atoms with Gasteiger partial charge in [-0.2, -0.15) is 5.21 Å². The van der Waals surface area contributed by atoms with Crippen LogP contribution >= 0.6 is 11.6 Å². The molecular formula is C5H6ClN3O2. The molecule has 1 N–H and O–H groups in total. The van der Waals surface area contributed by atoms with Gasteiger partial charge in [-0.05, 0) is 6.92 Å². The van der Waals surface area contributed by atoms with Crippen LogP contribution in [0.25, 0.3) is 0 Å². The zero-order valence-corrected chi connectivity index (χ0v) is 6.55. The predicted octanol–water partition coefficient (Wildman–Crippen LogP) is 0.635. The van der Waals surface area contributed by atoms with Crippen molar-refractivity contribution in [2.75, 3.05) is 6.61 Å². The van der Waals surface area contributed by atoms with Gasteiger partial charge in [-0.1, -0.05) is 11.6 Å². The predicted molar refractivity (Wildman–Crippen MR) is 37.3 cm³/mol. The Hall–Kier alpha value is -1.10. The fraction of sp³-hybridized carbons (Fsp3) is 0.400. The van der Waals surface area contributed by atoms with Crippen LogP contribution in [0.5, 0.6) is 0 Å². The highest BCUT2D eigenvalue weighted by Gasteiger charge is 2.14. The standard InChI is InChI=1S/C5H6ClN3O2/c1-2-11-5(10)3-4(6)8-9-7-3/h2H2,1H3,(H,7,8,9). The van der Waals surface area contributed by atoms with Gasteiger partial charge in [-0.3, -0.25) is 0 Å². The lowest BCUT2D eigenvalue weighted by atomic mass is 10.5. The Bertz CT molecular complexity index is 260. The third kappa shape index (κ3) is 1.68. The topological polar surface area (TPSA) is 67.9 Å². The van der Waals surface area contributed by atoms with Gasteiger partial charge in [-0.15, -0.1) is 10.2 Å². The summed E-state index contributed by atoms with van der Waals surface area (Å²) >= 11 is 5.46. The summed E-state index contributed by atoms with van der Waals surface area (Å²) in [6, 6.07) is 0. The van der Waals surface area contributed by atoms with Crippen LogP contribution in [-0.4, -0.2) is 28.0 Å². The Labute approximate surface area is 67.7 Å². The fourth-order valence-electron chi connectivity index (χ4n) is 0.547. The summed E-state index contributed by atoms with van der Waals surface area (Å²) in [4.78, 5) is 10.9. The summed E-state index contributed by atoms with van der Waals surface area (Å²) in [5, 5.41) is 9.18. The molecule has 0 aromatic carbocycles. The molecule has 0 aliphatic heterocycles. The maximum absolute atomic E-state index is 10.9. The summed E-state index contributed by atoms with van der Waals surface area (Å²) < 4.78 is 4.62. The van der Waals surface area contributed by atoms with Crippen LogP contribution in [0.4, 0.5) is 0 Å². The minimum absolute atomic E-state index is 0.0218. The van der Waals surface area contributed by atoms with Crippen molar-refractivity contribution in [3.05, 3.63) is 10.8 Å². The molecule has 0 aliphatic carbocycles. The Balaban J connectivity index is 2.76. The molecule has 1 aromatic rings. The molecule has 1 rings (SSSR count). The van der Waals surface area contributed by atoms with Crippen LogP contribution in [0.15, 0.2) is 0 Å². The van der Waals surface area contributed by atoms with Gasteiger partial charge in [0.15, 0.2) is 5.15 Å². The molecule has 5 nitrogen and oxygen atoms in total. The van der Waals surface area contributed by atoms with Crippen LogP contribution in [0.3, 0.4) is 0 Å². The van der Waals surface area contributed by atoms with Crippen molar-refractivity contribution >= 4 is 17.6 Å². The van der Waals surface area contributed by atoms with E-state index in [4.69, 9.17) is 11.6 Å². The molecule has 0 bridgehead atoms. The molecule has 0 amide bonds. The number of aromatic amines is 1. The first-order valence-corrected chi connectivity index (χ1v) is 3.37. The normalized spacial score (nSPS) is 9.64. The van der Waals surface area contributed by atoms with E-state index in [1.807, 2.05) is 0 Å². The number of ether oxygens (including phenoxy) is 1. The lowest BCUT2D eigenvalue weighted by Crippen LogP contribution is -2.05. The van der Waals surface area contributed by atoms with Crippen molar-refractivity contribution < 1.29 is 9.53 Å². The number of carbonyl (C=O) groups excluding carboxylic acids is 1. The summed E-state index contributed by atoms with van der Waals surface area (Å²) in [5.41, 5.74) is 0.0218. The Kier molecular flexibility index (Phi) is 2.43. The lowest BCUT2D eigenvalue weighted by Gasteiger charge is -1.95. The molecule has 60 valence electrons. The number of nitrogens with zero attached hydrogens (tertiary/aromatic N) is 2. The van der Waals surface area contributed by atoms with E-state index in [0.29, 0.717) is 6.61 Å². The highest BCUT2D eigenvalue weighted by atomic mass is 35.5. The average Bonchev–Trinajstić information content (AvgIpc) is 2.36. The molecule has 1 heterocycles. The first kappa shape index (κ1) is 8.00. The van der Waals surface area contributed by atoms with E-state index in [1.165, 1.54) is 0 Å². The number of aromatic nitrogens is 3. The quantitative estimate of drug-likeness (QED) is 0.670. The van der Waals surface area contributed by atoms with Gasteiger partial charge in [0.1, 0.15) is 0 Å². The maximum atomic E-state index is 10.9. The Morgan fingerprint density at radius 1 is 1.73 bits per heavy atom. The molecule has 6 heteroatoms. The van der Waals surface area contributed by atoms with Crippen LogP contribution in [0.1, 0.15) is 17.4 Å². The minimum atomic E-state index is -0.564. The molecule has 11 heavy (non-hydrogen) atoms. The van der Waals surface area contributed by atoms with Gasteiger partial charge in [0.05, 0.1) is 6.61 Å². The first-order valence-electron chi connectivity index (χ1n) is 2.99. The van der Waals surface area contributed by atoms with E-state index in [-0.39, 0.29) is 10.8 Å². The number of esters is 1. The van der Waals surface area contributed by atoms with Gasteiger partial charge >= 0.3 is 5.97 Å². The summed E-state index contributed by atoms with van der Waals surface area (Å²) in [5.74, 6) is -0.564. The first-order chi connectivity index (χ1) is 5.25. The molecule has 0 saturated heterocycles. The molecule has 0 unspecified atom stereocenters. The second-order valence-electron chi connectivity index (χ2n) is 1.68. The van der Waals surface area contributed by atoms with Crippen molar-refractivity contribution in [1.82, 2.24) is 15.4 Å². The molecule has 1 aromatic heterocycles. The number of rotatable bonds is 2. The maximum Gasteiger partial charge on any atom is 0.362 e. The number of carbonyl (C=O) groups is 1. The fourth-order valence-corrected chi connectivity index (χ4v) is 0.705. The van der Waals surface area contributed by atoms with Gasteiger partial charge < -0.3 is 4.74 Å². The summed E-state index contributed by atoms with van der Waals surface area (Å²) in [6.07, 6.45) is 0. The van der Waals surface area contributed by atoms with Gasteiger partial charge in [-0.25, -0.2) is 4.79 Å². The number of nitrogens with one attached hydrogen (secondary N) is 1. The molecule has 0 saturated carbocycles. The van der Waals surface area contributed by atoms with Crippen molar-refractivity contribution in [1.29, 1.82) is 0 Å². The summed E-state index contributed by atoms with van der Waals surface area (Å²) in [6.45, 7) is 1.99. The van der Waals surface area contributed by atoms with E-state index in [2.05, 4.69) is 20.1 Å². The van der Waals surface area contributed by atoms with Crippen molar-refractivity contribution in [2.45, 2.75) is 6.92 Å². The van der Waals surface area contributed by atoms with E-state index in [1.54, 1.807) is 6.92 Å². The third-order valence-corrected chi connectivity index (χ3v) is 1.24. The number of hydrogen-bond donors (Lipinski definition) is 1. The SMILES string of the molecule is CCOC(=O)c1n[nH]nc1Cl. The Morgan fingerprint density at radius 2 is 2.45 bits per heavy atom. The molecular weight excluding hydrogens is 170 g/mol. The second-order valence-corrected chi connectivity index (χ2v) is 2.04. The summed E-state index contributed by atoms with van der Waals surface area (Å²) in [7, 11) is 0. The van der Waals surface area contributed by atoms with Crippen LogP contribution in [-0.2, 0) is 4.74 Å². The molecule has 0 spiro atoms. The highest BCUT2D eigenvalue weighted by molar-refractivity contribution is 6.32. The molecule has 0 atom stereocenters. The second kappa shape index (κ2) is 3.34. The number of H-pyrrole nitrogens is 1. The lowest BCUT2D eigenvalue weighted by molar-refractivity contribution is 0.0519. The van der Waals surface area contributed by atoms with Crippen LogP contribution in [0.2, 0.25) is 5.15 Å². The molecule has 0 aliphatic rings. The third-order valence-electron chi connectivity index (χ3n) is 0.974. The highest BCUT2D eigenvalue weighted by Crippen LogP contribution is 2.08. The van der Waals surface area contributed by atoms with Crippen molar-refractivity contribution in [3.63, 3.8) is 0 Å². The van der Waals surface area contributed by atoms with E-state index >= 15 is 0 Å². The van der Waals surface area contributed by atoms with Crippen molar-refractivity contribution in [3.8, 4) is 0 Å². The minimum Gasteiger partial charge on any atom is -0.461 e. The average molecular weight is 176 g/mol. The van der Waals surface area contributed by atoms with Gasteiger partial charge in [0, 0.05) is 0 Å².